The molecule has 0 spiro atoms. The van der Waals surface area contributed by atoms with Crippen LogP contribution in [-0.2, 0) is 4.79 Å². The number of likely N-dealkylation sites (N-methyl/N-ethyl adjacent to an activating group) is 1. The van der Waals surface area contributed by atoms with Gasteiger partial charge in [0.15, 0.2) is 0 Å². The molecule has 0 aromatic rings. The van der Waals surface area contributed by atoms with E-state index < -0.39 is 11.4 Å². The number of urea groups is 1. The lowest BCUT2D eigenvalue weighted by molar-refractivity contribution is -0.152. The first-order valence-electron chi connectivity index (χ1n) is 7.44. The molecule has 0 aromatic carbocycles. The summed E-state index contributed by atoms with van der Waals surface area (Å²) in [6.07, 6.45) is 2.03. The van der Waals surface area contributed by atoms with E-state index in [2.05, 4.69) is 11.9 Å². The summed E-state index contributed by atoms with van der Waals surface area (Å²) in [7, 11) is 2.05. The van der Waals surface area contributed by atoms with E-state index in [4.69, 9.17) is 0 Å². The van der Waals surface area contributed by atoms with Crippen LogP contribution >= 0.6 is 0 Å². The molecule has 2 rings (SSSR count). The minimum Gasteiger partial charge on any atom is -0.481 e. The summed E-state index contributed by atoms with van der Waals surface area (Å²) in [6, 6.07) is 0.0110. The highest BCUT2D eigenvalue weighted by molar-refractivity contribution is 5.79. The number of nitrogens with zero attached hydrogens (tertiary/aromatic N) is 3. The van der Waals surface area contributed by atoms with Gasteiger partial charge in [-0.15, -0.1) is 0 Å². The van der Waals surface area contributed by atoms with E-state index in [-0.39, 0.29) is 6.03 Å². The predicted octanol–water partition coefficient (Wildman–Crippen LogP) is 0.931. The van der Waals surface area contributed by atoms with E-state index in [0.29, 0.717) is 25.9 Å². The lowest BCUT2D eigenvalue weighted by Crippen LogP contribution is -2.56. The van der Waals surface area contributed by atoms with Gasteiger partial charge < -0.3 is 19.8 Å². The third kappa shape index (κ3) is 2.90. The number of piperidine rings is 1. The van der Waals surface area contributed by atoms with E-state index in [0.717, 1.165) is 32.6 Å². The molecule has 2 aliphatic rings. The summed E-state index contributed by atoms with van der Waals surface area (Å²) in [6.45, 7) is 6.17. The van der Waals surface area contributed by atoms with Crippen LogP contribution in [0.3, 0.4) is 0 Å². The highest BCUT2D eigenvalue weighted by atomic mass is 16.4. The van der Waals surface area contributed by atoms with Gasteiger partial charge in [0, 0.05) is 39.3 Å². The molecule has 114 valence electrons. The molecule has 1 atom stereocenters. The molecule has 0 saturated carbocycles. The highest BCUT2D eigenvalue weighted by Gasteiger charge is 2.42. The maximum Gasteiger partial charge on any atom is 0.320 e. The average Bonchev–Trinajstić information content (AvgIpc) is 2.47. The van der Waals surface area contributed by atoms with Crippen molar-refractivity contribution in [1.82, 2.24) is 14.7 Å². The molecule has 2 fully saturated rings. The van der Waals surface area contributed by atoms with E-state index in [1.807, 2.05) is 11.8 Å². The number of carbonyl (C=O) groups is 2. The van der Waals surface area contributed by atoms with E-state index >= 15 is 0 Å². The molecule has 20 heavy (non-hydrogen) atoms. The zero-order valence-electron chi connectivity index (χ0n) is 12.5. The van der Waals surface area contributed by atoms with Crippen LogP contribution in [0.5, 0.6) is 0 Å². The summed E-state index contributed by atoms with van der Waals surface area (Å²) in [5.74, 6) is -0.768. The Labute approximate surface area is 120 Å². The van der Waals surface area contributed by atoms with Gasteiger partial charge in [-0.2, -0.15) is 0 Å². The Morgan fingerprint density at radius 1 is 1.10 bits per heavy atom. The Morgan fingerprint density at radius 2 is 1.75 bits per heavy atom. The molecule has 0 bridgehead atoms. The normalized spacial score (nSPS) is 28.5. The number of carboxylic acid groups (broad SMARTS) is 1. The Morgan fingerprint density at radius 3 is 2.30 bits per heavy atom. The molecule has 6 nitrogen and oxygen atoms in total. The molecule has 1 N–H and O–H groups in total. The van der Waals surface area contributed by atoms with Crippen molar-refractivity contribution in [2.45, 2.75) is 26.2 Å². The van der Waals surface area contributed by atoms with Gasteiger partial charge in [-0.3, -0.25) is 4.79 Å². The van der Waals surface area contributed by atoms with Crippen molar-refractivity contribution in [3.8, 4) is 0 Å². The Bertz CT molecular complexity index is 380. The fourth-order valence-electron chi connectivity index (χ4n) is 3.11. The molecule has 6 heteroatoms. The molecule has 1 unspecified atom stereocenters. The monoisotopic (exact) mass is 283 g/mol. The van der Waals surface area contributed by atoms with Crippen molar-refractivity contribution in [2.75, 3.05) is 46.3 Å². The summed E-state index contributed by atoms with van der Waals surface area (Å²) >= 11 is 0. The van der Waals surface area contributed by atoms with Gasteiger partial charge in [-0.05, 0) is 26.3 Å². The van der Waals surface area contributed by atoms with Crippen LogP contribution < -0.4 is 0 Å². The largest absolute Gasteiger partial charge is 0.481 e. The predicted molar refractivity (Wildman–Crippen MR) is 75.6 cm³/mol. The number of hydrogen-bond acceptors (Lipinski definition) is 3. The molecular formula is C14H25N3O3. The standard InChI is InChI=1S/C14H25N3O3/c1-3-14(12(18)19)5-4-6-17(11-14)13(20)16-9-7-15(2)8-10-16/h3-11H2,1-2H3,(H,18,19). The molecule has 2 heterocycles. The first kappa shape index (κ1) is 15.1. The maximum absolute atomic E-state index is 12.5. The summed E-state index contributed by atoms with van der Waals surface area (Å²) in [4.78, 5) is 29.9. The zero-order valence-corrected chi connectivity index (χ0v) is 12.5. The van der Waals surface area contributed by atoms with Crippen molar-refractivity contribution < 1.29 is 14.7 Å². The SMILES string of the molecule is CCC1(C(=O)O)CCCN(C(=O)N2CCN(C)CC2)C1. The van der Waals surface area contributed by atoms with Gasteiger partial charge in [0.05, 0.1) is 5.41 Å². The first-order chi connectivity index (χ1) is 9.48. The average molecular weight is 283 g/mol. The fraction of sp³-hybridized carbons (Fsp3) is 0.857. The van der Waals surface area contributed by atoms with Crippen LogP contribution in [0.15, 0.2) is 0 Å². The first-order valence-corrected chi connectivity index (χ1v) is 7.44. The zero-order chi connectivity index (χ0) is 14.8. The van der Waals surface area contributed by atoms with E-state index in [9.17, 15) is 14.7 Å². The smallest absolute Gasteiger partial charge is 0.320 e. The van der Waals surface area contributed by atoms with Crippen molar-refractivity contribution in [3.05, 3.63) is 0 Å². The number of likely N-dealkylation sites (tertiary alicyclic amines) is 1. The second-order valence-electron chi connectivity index (χ2n) is 6.04. The van der Waals surface area contributed by atoms with Crippen molar-refractivity contribution in [3.63, 3.8) is 0 Å². The van der Waals surface area contributed by atoms with Crippen molar-refractivity contribution in [1.29, 1.82) is 0 Å². The minimum absolute atomic E-state index is 0.0110. The molecule has 2 amide bonds. The lowest BCUT2D eigenvalue weighted by Gasteiger charge is -2.42. The highest BCUT2D eigenvalue weighted by Crippen LogP contribution is 2.34. The van der Waals surface area contributed by atoms with Crippen LogP contribution in [0, 0.1) is 5.41 Å². The second-order valence-corrected chi connectivity index (χ2v) is 6.04. The molecule has 0 aromatic heterocycles. The quantitative estimate of drug-likeness (QED) is 0.819. The Hall–Kier alpha value is -1.30. The van der Waals surface area contributed by atoms with Crippen LogP contribution in [0.2, 0.25) is 0 Å². The Balaban J connectivity index is 2.01. The topological polar surface area (TPSA) is 64.1 Å². The summed E-state index contributed by atoms with van der Waals surface area (Å²) in [5.41, 5.74) is -0.750. The van der Waals surface area contributed by atoms with Gasteiger partial charge in [0.25, 0.3) is 0 Å². The van der Waals surface area contributed by atoms with Gasteiger partial charge in [-0.1, -0.05) is 6.92 Å². The van der Waals surface area contributed by atoms with E-state index in [1.54, 1.807) is 4.90 Å². The summed E-state index contributed by atoms with van der Waals surface area (Å²) < 4.78 is 0. The molecular weight excluding hydrogens is 258 g/mol. The van der Waals surface area contributed by atoms with Crippen LogP contribution in [0.1, 0.15) is 26.2 Å². The second kappa shape index (κ2) is 5.99. The molecule has 2 saturated heterocycles. The maximum atomic E-state index is 12.5. The van der Waals surface area contributed by atoms with Gasteiger partial charge in [-0.25, -0.2) is 4.79 Å². The summed E-state index contributed by atoms with van der Waals surface area (Å²) in [5, 5.41) is 9.48. The Kier molecular flexibility index (Phi) is 4.52. The number of rotatable bonds is 2. The van der Waals surface area contributed by atoms with Gasteiger partial charge >= 0.3 is 12.0 Å². The van der Waals surface area contributed by atoms with Gasteiger partial charge in [0.2, 0.25) is 0 Å². The molecule has 0 radical (unpaired) electrons. The fourth-order valence-corrected chi connectivity index (χ4v) is 3.11. The number of hydrogen-bond donors (Lipinski definition) is 1. The minimum atomic E-state index is -0.768. The lowest BCUT2D eigenvalue weighted by atomic mass is 9.78. The van der Waals surface area contributed by atoms with Crippen LogP contribution in [-0.4, -0.2) is 78.1 Å². The molecule has 2 aliphatic heterocycles. The van der Waals surface area contributed by atoms with Crippen molar-refractivity contribution in [2.24, 2.45) is 5.41 Å². The third-order valence-corrected chi connectivity index (χ3v) is 4.75. The number of amides is 2. The van der Waals surface area contributed by atoms with Crippen molar-refractivity contribution >= 4 is 12.0 Å². The number of carboxylic acids is 1. The van der Waals surface area contributed by atoms with Gasteiger partial charge in [0.1, 0.15) is 0 Å². The van der Waals surface area contributed by atoms with E-state index in [1.165, 1.54) is 0 Å². The molecule has 0 aliphatic carbocycles. The number of aliphatic carboxylic acids is 1. The number of piperazine rings is 1. The third-order valence-electron chi connectivity index (χ3n) is 4.75. The van der Waals surface area contributed by atoms with Crippen LogP contribution in [0.4, 0.5) is 4.79 Å². The van der Waals surface area contributed by atoms with Crippen LogP contribution in [0.25, 0.3) is 0 Å². The number of carbonyl (C=O) groups excluding carboxylic acids is 1.